The van der Waals surface area contributed by atoms with E-state index in [1.807, 2.05) is 0 Å². The first kappa shape index (κ1) is 37.8. The summed E-state index contributed by atoms with van der Waals surface area (Å²) < 4.78 is 71.9. The van der Waals surface area contributed by atoms with Crippen LogP contribution in [0.2, 0.25) is 0 Å². The third-order valence-corrected chi connectivity index (χ3v) is 0. The Labute approximate surface area is 186 Å². The van der Waals surface area contributed by atoms with Gasteiger partial charge in [-0.2, -0.15) is 12.6 Å². The first-order chi connectivity index (χ1) is 6.00. The standard InChI is InChI=1S/3Na.3H2O3S2.3H/c;;;3*1-5(2,3)4;;;/h;;;3*(H2,1,2,3,4);;;. The quantitative estimate of drug-likeness (QED) is 0.223. The van der Waals surface area contributed by atoms with Crippen LogP contribution in [0.5, 0.6) is 0 Å². The summed E-state index contributed by atoms with van der Waals surface area (Å²) in [6.07, 6.45) is 0. The molecule has 0 spiro atoms. The molecule has 0 aliphatic carbocycles. The van der Waals surface area contributed by atoms with Crippen LogP contribution in [0.4, 0.5) is 0 Å². The van der Waals surface area contributed by atoms with E-state index in [0.717, 1.165) is 0 Å². The monoisotopic (exact) mass is 414 g/mol. The molecule has 0 radical (unpaired) electrons. The maximum absolute atomic E-state index is 9.11. The molecule has 0 unspecified atom stereocenters. The molecular weight excluding hydrogens is 405 g/mol. The molecule has 0 saturated carbocycles. The minimum absolute atomic E-state index is 0. The van der Waals surface area contributed by atoms with Gasteiger partial charge in [-0.25, -0.2) is 0 Å². The second kappa shape index (κ2) is 17.2. The molecule has 0 fully saturated rings. The predicted molar refractivity (Wildman–Crippen MR) is 83.7 cm³/mol. The summed E-state index contributed by atoms with van der Waals surface area (Å²) in [5.41, 5.74) is 0. The zero-order valence-electron chi connectivity index (χ0n) is 6.36. The van der Waals surface area contributed by atoms with Gasteiger partial charge in [0.15, 0.2) is 0 Å². The SMILES string of the molecule is O=S(O)(O)=S.O=S(O)(O)=S.O=S(O)(O)=S.[NaH].[NaH].[NaH]. The third kappa shape index (κ3) is 472. The van der Waals surface area contributed by atoms with Gasteiger partial charge >= 0.3 is 88.7 Å². The molecule has 18 heteroatoms. The van der Waals surface area contributed by atoms with Crippen LogP contribution < -0.4 is 0 Å². The molecule has 102 valence electrons. The van der Waals surface area contributed by atoms with E-state index in [1.165, 1.54) is 0 Å². The second-order valence-electron chi connectivity index (χ2n) is 1.34. The van der Waals surface area contributed by atoms with Gasteiger partial charge in [-0.1, -0.05) is 0 Å². The van der Waals surface area contributed by atoms with E-state index in [9.17, 15) is 0 Å². The van der Waals surface area contributed by atoms with Gasteiger partial charge in [-0.05, 0) is 0 Å². The Kier molecular flexibility index (Phi) is 36.2. The van der Waals surface area contributed by atoms with Crippen LogP contribution in [-0.4, -0.2) is 129 Å². The average molecular weight is 414 g/mol. The maximum atomic E-state index is 9.11. The van der Waals surface area contributed by atoms with Crippen molar-refractivity contribution in [2.45, 2.75) is 0 Å². The fraction of sp³-hybridized carbons (Fsp3) is 0. The summed E-state index contributed by atoms with van der Waals surface area (Å²) in [5, 5.41) is 0. The van der Waals surface area contributed by atoms with E-state index in [-0.39, 0.29) is 88.7 Å². The van der Waals surface area contributed by atoms with Crippen LogP contribution in [0, 0.1) is 0 Å². The molecule has 18 heavy (non-hydrogen) atoms. The molecule has 0 rings (SSSR count). The molecular formula is H9Na3O9S6. The van der Waals surface area contributed by atoms with Crippen molar-refractivity contribution in [1.82, 2.24) is 0 Å². The molecule has 0 bridgehead atoms. The van der Waals surface area contributed by atoms with Gasteiger partial charge in [-0.15, -0.1) is 0 Å². The first-order valence-electron chi connectivity index (χ1n) is 2.10. The van der Waals surface area contributed by atoms with Crippen molar-refractivity contribution in [3.63, 3.8) is 0 Å². The molecule has 0 aromatic heterocycles. The summed E-state index contributed by atoms with van der Waals surface area (Å²) in [4.78, 5) is 0. The molecule has 0 heterocycles. The van der Waals surface area contributed by atoms with Crippen molar-refractivity contribution in [3.05, 3.63) is 0 Å². The van der Waals surface area contributed by atoms with Crippen molar-refractivity contribution in [2.75, 3.05) is 0 Å². The Bertz CT molecular complexity index is 347. The van der Waals surface area contributed by atoms with Crippen LogP contribution in [0.1, 0.15) is 0 Å². The zero-order valence-corrected chi connectivity index (χ0v) is 11.3. The molecule has 0 amide bonds. The van der Waals surface area contributed by atoms with E-state index in [2.05, 4.69) is 33.6 Å². The Morgan fingerprint density at radius 2 is 0.500 bits per heavy atom. The van der Waals surface area contributed by atoms with E-state index in [4.69, 9.17) is 39.9 Å². The van der Waals surface area contributed by atoms with Crippen LogP contribution >= 0.6 is 0 Å². The summed E-state index contributed by atoms with van der Waals surface area (Å²) in [5.74, 6) is 0. The van der Waals surface area contributed by atoms with Gasteiger partial charge in [-0.3, -0.25) is 27.3 Å². The molecule has 0 saturated heterocycles. The van der Waals surface area contributed by atoms with Gasteiger partial charge in [0.2, 0.25) is 0 Å². The second-order valence-corrected chi connectivity index (χ2v) is 7.94. The van der Waals surface area contributed by atoms with Crippen LogP contribution in [0.25, 0.3) is 0 Å². The molecule has 0 aromatic carbocycles. The van der Waals surface area contributed by atoms with Gasteiger partial charge in [0.25, 0.3) is 27.2 Å². The first-order valence-corrected chi connectivity index (χ1v) is 9.29. The Morgan fingerprint density at radius 1 is 0.500 bits per heavy atom. The Morgan fingerprint density at radius 3 is 0.500 bits per heavy atom. The van der Waals surface area contributed by atoms with Gasteiger partial charge in [0.05, 0.1) is 0 Å². The molecule has 0 atom stereocenters. The number of hydrogen-bond acceptors (Lipinski definition) is 6. The van der Waals surface area contributed by atoms with Crippen molar-refractivity contribution < 1.29 is 39.9 Å². The van der Waals surface area contributed by atoms with Crippen LogP contribution in [-0.2, 0) is 60.7 Å². The fourth-order valence-corrected chi connectivity index (χ4v) is 0. The Balaban J connectivity index is -0.0000000277. The van der Waals surface area contributed by atoms with Crippen LogP contribution in [0.3, 0.4) is 0 Å². The predicted octanol–water partition coefficient (Wildman–Crippen LogP) is -2.91. The van der Waals surface area contributed by atoms with E-state index >= 15 is 0 Å². The van der Waals surface area contributed by atoms with Crippen molar-refractivity contribution in [1.29, 1.82) is 0 Å². The average Bonchev–Trinajstić information content (AvgIpc) is 1.41. The Hall–Kier alpha value is 3.87. The molecule has 0 aliphatic rings. The fourth-order valence-electron chi connectivity index (χ4n) is 0. The van der Waals surface area contributed by atoms with E-state index < -0.39 is 27.2 Å². The van der Waals surface area contributed by atoms with Gasteiger partial charge < -0.3 is 0 Å². The number of rotatable bonds is 0. The molecule has 9 nitrogen and oxygen atoms in total. The van der Waals surface area contributed by atoms with Crippen molar-refractivity contribution in [2.24, 2.45) is 0 Å². The van der Waals surface area contributed by atoms with E-state index in [1.54, 1.807) is 0 Å². The number of hydrogen-bond donors (Lipinski definition) is 6. The third-order valence-electron chi connectivity index (χ3n) is 0. The van der Waals surface area contributed by atoms with Gasteiger partial charge in [0.1, 0.15) is 0 Å². The van der Waals surface area contributed by atoms with Crippen LogP contribution in [0.15, 0.2) is 0 Å². The van der Waals surface area contributed by atoms with Crippen molar-refractivity contribution in [3.8, 4) is 0 Å². The molecule has 0 aliphatic heterocycles. The summed E-state index contributed by atoms with van der Waals surface area (Å²) in [6.45, 7) is 0. The minimum atomic E-state index is -3.83. The van der Waals surface area contributed by atoms with E-state index in [0.29, 0.717) is 0 Å². The zero-order chi connectivity index (χ0) is 13.5. The molecule has 6 N–H and O–H groups in total. The topological polar surface area (TPSA) is 173 Å². The normalized spacial score (nSPS) is 9.67. The summed E-state index contributed by atoms with van der Waals surface area (Å²) in [7, 11) is -11.5. The van der Waals surface area contributed by atoms with Gasteiger partial charge in [0, 0.05) is 33.6 Å². The van der Waals surface area contributed by atoms with Crippen molar-refractivity contribution >= 4 is 149 Å². The summed E-state index contributed by atoms with van der Waals surface area (Å²) >= 11 is 10.4. The molecule has 0 aromatic rings. The summed E-state index contributed by atoms with van der Waals surface area (Å²) in [6, 6.07) is 0.